The van der Waals surface area contributed by atoms with Crippen LogP contribution < -0.4 is 10.5 Å². The van der Waals surface area contributed by atoms with Gasteiger partial charge in [-0.2, -0.15) is 0 Å². The number of hydrogen-bond acceptors (Lipinski definition) is 3. The van der Waals surface area contributed by atoms with Crippen LogP contribution in [0.15, 0.2) is 18.2 Å². The van der Waals surface area contributed by atoms with Crippen LogP contribution in [0.3, 0.4) is 0 Å². The lowest BCUT2D eigenvalue weighted by Gasteiger charge is -2.12. The van der Waals surface area contributed by atoms with Gasteiger partial charge in [0.05, 0.1) is 11.1 Å². The SMILES string of the molecule is CC(Cl)C(=O)c1ccc(N)c(OC(F)(F)F)c1. The summed E-state index contributed by atoms with van der Waals surface area (Å²) >= 11 is 5.54. The molecule has 0 radical (unpaired) electrons. The summed E-state index contributed by atoms with van der Waals surface area (Å²) in [5.41, 5.74) is 5.11. The third-order valence-corrected chi connectivity index (χ3v) is 2.08. The smallest absolute Gasteiger partial charge is 0.404 e. The summed E-state index contributed by atoms with van der Waals surface area (Å²) in [6.07, 6.45) is -4.86. The number of carbonyl (C=O) groups is 1. The fourth-order valence-corrected chi connectivity index (χ4v) is 1.26. The lowest BCUT2D eigenvalue weighted by atomic mass is 10.1. The van der Waals surface area contributed by atoms with E-state index in [0.29, 0.717) is 0 Å². The van der Waals surface area contributed by atoms with Gasteiger partial charge in [-0.05, 0) is 25.1 Å². The van der Waals surface area contributed by atoms with Crippen LogP contribution in [0.4, 0.5) is 18.9 Å². The zero-order chi connectivity index (χ0) is 13.2. The van der Waals surface area contributed by atoms with E-state index in [1.165, 1.54) is 13.0 Å². The second kappa shape index (κ2) is 4.83. The number of ether oxygens (including phenoxy) is 1. The van der Waals surface area contributed by atoms with Crippen LogP contribution in [0.1, 0.15) is 17.3 Å². The van der Waals surface area contributed by atoms with Gasteiger partial charge in [-0.15, -0.1) is 24.8 Å². The fraction of sp³-hybridized carbons (Fsp3) is 0.300. The highest BCUT2D eigenvalue weighted by molar-refractivity contribution is 6.33. The molecule has 1 unspecified atom stereocenters. The van der Waals surface area contributed by atoms with Crippen LogP contribution >= 0.6 is 11.6 Å². The Kier molecular flexibility index (Phi) is 3.87. The predicted molar refractivity (Wildman–Crippen MR) is 57.2 cm³/mol. The topological polar surface area (TPSA) is 52.3 Å². The summed E-state index contributed by atoms with van der Waals surface area (Å²) in [5, 5.41) is -0.836. The highest BCUT2D eigenvalue weighted by Gasteiger charge is 2.32. The summed E-state index contributed by atoms with van der Waals surface area (Å²) in [5.74, 6) is -1.11. The van der Waals surface area contributed by atoms with Gasteiger partial charge >= 0.3 is 6.36 Å². The molecular weight excluding hydrogens is 259 g/mol. The summed E-state index contributed by atoms with van der Waals surface area (Å²) < 4.78 is 39.8. The molecule has 0 aliphatic heterocycles. The molecule has 0 aliphatic carbocycles. The number of nitrogen functional groups attached to an aromatic ring is 1. The molecule has 0 spiro atoms. The van der Waals surface area contributed by atoms with Crippen LogP contribution in [0.25, 0.3) is 0 Å². The predicted octanol–water partition coefficient (Wildman–Crippen LogP) is 2.98. The Labute approximate surface area is 100 Å². The normalized spacial score (nSPS) is 13.2. The molecule has 7 heteroatoms. The molecule has 1 rings (SSSR count). The number of benzene rings is 1. The number of carbonyl (C=O) groups excluding carboxylic acids is 1. The molecule has 0 fully saturated rings. The minimum Gasteiger partial charge on any atom is -0.404 e. The Morgan fingerprint density at radius 3 is 2.53 bits per heavy atom. The van der Waals surface area contributed by atoms with Crippen LogP contribution in [0.2, 0.25) is 0 Å². The maximum atomic E-state index is 12.0. The Bertz CT molecular complexity index is 432. The quantitative estimate of drug-likeness (QED) is 0.520. The first-order valence-corrected chi connectivity index (χ1v) is 4.98. The summed E-state index contributed by atoms with van der Waals surface area (Å²) in [4.78, 5) is 11.5. The number of halogens is 4. The van der Waals surface area contributed by atoms with Crippen molar-refractivity contribution in [2.75, 3.05) is 5.73 Å². The Hall–Kier alpha value is -1.43. The Morgan fingerprint density at radius 1 is 1.47 bits per heavy atom. The molecule has 2 N–H and O–H groups in total. The van der Waals surface area contributed by atoms with Crippen molar-refractivity contribution in [3.63, 3.8) is 0 Å². The van der Waals surface area contributed by atoms with E-state index in [1.54, 1.807) is 0 Å². The van der Waals surface area contributed by atoms with E-state index in [1.807, 2.05) is 0 Å². The number of anilines is 1. The highest BCUT2D eigenvalue weighted by Crippen LogP contribution is 2.29. The van der Waals surface area contributed by atoms with Crippen molar-refractivity contribution in [2.45, 2.75) is 18.7 Å². The van der Waals surface area contributed by atoms with Crippen molar-refractivity contribution in [1.29, 1.82) is 0 Å². The average molecular weight is 268 g/mol. The monoisotopic (exact) mass is 267 g/mol. The summed E-state index contributed by atoms with van der Waals surface area (Å²) in [6, 6.07) is 3.37. The zero-order valence-corrected chi connectivity index (χ0v) is 9.47. The van der Waals surface area contributed by atoms with Gasteiger partial charge in [0, 0.05) is 5.56 Å². The average Bonchev–Trinajstić information content (AvgIpc) is 2.18. The largest absolute Gasteiger partial charge is 0.573 e. The molecule has 1 atom stereocenters. The van der Waals surface area contributed by atoms with Gasteiger partial charge in [0.1, 0.15) is 0 Å². The molecule has 1 aromatic carbocycles. The van der Waals surface area contributed by atoms with Crippen LogP contribution in [0.5, 0.6) is 5.75 Å². The molecule has 0 saturated carbocycles. The van der Waals surface area contributed by atoms with E-state index in [0.717, 1.165) is 12.1 Å². The van der Waals surface area contributed by atoms with Crippen molar-refractivity contribution in [3.05, 3.63) is 23.8 Å². The Morgan fingerprint density at radius 2 is 2.06 bits per heavy atom. The van der Waals surface area contributed by atoms with Crippen molar-refractivity contribution < 1.29 is 22.7 Å². The summed E-state index contributed by atoms with van der Waals surface area (Å²) in [6.45, 7) is 1.42. The third-order valence-electron chi connectivity index (χ3n) is 1.89. The lowest BCUT2D eigenvalue weighted by Crippen LogP contribution is -2.19. The second-order valence-corrected chi connectivity index (χ2v) is 3.94. The molecule has 0 saturated heterocycles. The van der Waals surface area contributed by atoms with E-state index in [2.05, 4.69) is 4.74 Å². The van der Waals surface area contributed by atoms with Crippen molar-refractivity contribution in [1.82, 2.24) is 0 Å². The first-order valence-electron chi connectivity index (χ1n) is 4.54. The minimum absolute atomic E-state index is 0.0148. The highest BCUT2D eigenvalue weighted by atomic mass is 35.5. The van der Waals surface area contributed by atoms with E-state index < -0.39 is 23.3 Å². The standard InChI is InChI=1S/C10H9ClF3NO2/c1-5(11)9(16)6-2-3-7(15)8(4-6)17-10(12,13)14/h2-5H,15H2,1H3. The van der Waals surface area contributed by atoms with Gasteiger partial charge in [-0.1, -0.05) is 0 Å². The van der Waals surface area contributed by atoms with E-state index >= 15 is 0 Å². The molecule has 0 bridgehead atoms. The number of Topliss-reactive ketones (excluding diaryl/α,β-unsaturated/α-hetero) is 1. The first kappa shape index (κ1) is 13.6. The van der Waals surface area contributed by atoms with Crippen molar-refractivity contribution >= 4 is 23.1 Å². The molecule has 0 aliphatic rings. The molecule has 94 valence electrons. The van der Waals surface area contributed by atoms with Gasteiger partial charge in [0.2, 0.25) is 0 Å². The third kappa shape index (κ3) is 3.81. The number of nitrogens with two attached hydrogens (primary N) is 1. The van der Waals surface area contributed by atoms with E-state index in [-0.39, 0.29) is 11.3 Å². The maximum absolute atomic E-state index is 12.0. The van der Waals surface area contributed by atoms with Crippen LogP contribution in [-0.2, 0) is 0 Å². The number of ketones is 1. The second-order valence-electron chi connectivity index (χ2n) is 3.28. The molecule has 0 aromatic heterocycles. The zero-order valence-electron chi connectivity index (χ0n) is 8.72. The van der Waals surface area contributed by atoms with Crippen LogP contribution in [0, 0.1) is 0 Å². The Balaban J connectivity index is 3.07. The van der Waals surface area contributed by atoms with Gasteiger partial charge in [-0.25, -0.2) is 0 Å². The van der Waals surface area contributed by atoms with Crippen molar-refractivity contribution in [3.8, 4) is 5.75 Å². The van der Waals surface area contributed by atoms with Gasteiger partial charge in [0.25, 0.3) is 0 Å². The minimum atomic E-state index is -4.86. The molecule has 0 amide bonds. The number of hydrogen-bond donors (Lipinski definition) is 1. The van der Waals surface area contributed by atoms with Gasteiger partial charge in [0.15, 0.2) is 11.5 Å². The molecule has 17 heavy (non-hydrogen) atoms. The summed E-state index contributed by atoms with van der Waals surface area (Å²) in [7, 11) is 0. The van der Waals surface area contributed by atoms with E-state index in [9.17, 15) is 18.0 Å². The van der Waals surface area contributed by atoms with Gasteiger partial charge in [-0.3, -0.25) is 4.79 Å². The lowest BCUT2D eigenvalue weighted by molar-refractivity contribution is -0.274. The fourth-order valence-electron chi connectivity index (χ4n) is 1.13. The van der Waals surface area contributed by atoms with Gasteiger partial charge < -0.3 is 10.5 Å². The number of alkyl halides is 4. The van der Waals surface area contributed by atoms with E-state index in [4.69, 9.17) is 17.3 Å². The molecule has 1 aromatic rings. The first-order chi connectivity index (χ1) is 7.70. The molecule has 3 nitrogen and oxygen atoms in total. The molecular formula is C10H9ClF3NO2. The van der Waals surface area contributed by atoms with Crippen LogP contribution in [-0.4, -0.2) is 17.5 Å². The van der Waals surface area contributed by atoms with Crippen molar-refractivity contribution in [2.24, 2.45) is 0 Å². The molecule has 0 heterocycles. The maximum Gasteiger partial charge on any atom is 0.573 e. The number of rotatable bonds is 3.